The van der Waals surface area contributed by atoms with E-state index >= 15 is 0 Å². The topological polar surface area (TPSA) is 76.4 Å². The maximum absolute atomic E-state index is 13.2. The van der Waals surface area contributed by atoms with E-state index in [0.29, 0.717) is 17.8 Å². The Bertz CT molecular complexity index is 1300. The van der Waals surface area contributed by atoms with Crippen LogP contribution in [0.3, 0.4) is 0 Å². The number of benzene rings is 2. The van der Waals surface area contributed by atoms with Crippen LogP contribution in [0, 0.1) is 19.7 Å². The van der Waals surface area contributed by atoms with Gasteiger partial charge in [0.15, 0.2) is 5.82 Å². The summed E-state index contributed by atoms with van der Waals surface area (Å²) in [5, 5.41) is 6.52. The molecular weight excluding hydrogens is 411 g/mol. The van der Waals surface area contributed by atoms with Crippen LogP contribution in [0.4, 0.5) is 4.39 Å². The van der Waals surface area contributed by atoms with Gasteiger partial charge in [0, 0.05) is 23.9 Å². The van der Waals surface area contributed by atoms with E-state index in [9.17, 15) is 12.8 Å². The summed E-state index contributed by atoms with van der Waals surface area (Å²) in [6.45, 7) is 3.78. The van der Waals surface area contributed by atoms with E-state index in [0.717, 1.165) is 27.8 Å². The molecule has 29 heavy (non-hydrogen) atoms. The number of rotatable bonds is 6. The molecule has 2 aromatic carbocycles. The molecule has 0 fully saturated rings. The molecule has 4 rings (SSSR count). The lowest BCUT2D eigenvalue weighted by atomic mass is 10.1. The normalized spacial score (nSPS) is 12.0. The zero-order valence-corrected chi connectivity index (χ0v) is 17.5. The second-order valence-electron chi connectivity index (χ2n) is 6.73. The van der Waals surface area contributed by atoms with Crippen LogP contribution in [0.15, 0.2) is 52.7 Å². The Morgan fingerprint density at radius 3 is 2.69 bits per heavy atom. The molecule has 6 nitrogen and oxygen atoms in total. The van der Waals surface area contributed by atoms with Crippen molar-refractivity contribution in [2.45, 2.75) is 25.2 Å². The smallest absolute Gasteiger partial charge is 0.211 e. The minimum atomic E-state index is -3.72. The predicted octanol–water partition coefficient (Wildman–Crippen LogP) is 3.73. The van der Waals surface area contributed by atoms with Gasteiger partial charge in [-0.25, -0.2) is 22.0 Å². The molecule has 2 heterocycles. The molecule has 2 aromatic heterocycles. The first-order valence-electron chi connectivity index (χ1n) is 9.00. The van der Waals surface area contributed by atoms with Crippen molar-refractivity contribution in [1.29, 1.82) is 0 Å². The van der Waals surface area contributed by atoms with E-state index in [4.69, 9.17) is 0 Å². The molecule has 1 N–H and O–H groups in total. The van der Waals surface area contributed by atoms with Crippen molar-refractivity contribution < 1.29 is 12.8 Å². The molecule has 0 saturated carbocycles. The maximum atomic E-state index is 13.2. The van der Waals surface area contributed by atoms with Crippen molar-refractivity contribution in [3.05, 3.63) is 70.5 Å². The number of hydrogen-bond acceptors (Lipinski definition) is 5. The third-order valence-electron chi connectivity index (χ3n) is 4.64. The number of aryl methyl sites for hydroxylation is 2. The number of halogens is 1. The van der Waals surface area contributed by atoms with Crippen LogP contribution in [-0.4, -0.2) is 29.6 Å². The summed E-state index contributed by atoms with van der Waals surface area (Å²) < 4.78 is 42.6. The highest BCUT2D eigenvalue weighted by Crippen LogP contribution is 2.23. The number of nitrogens with one attached hydrogen (secondary N) is 1. The fourth-order valence-electron chi connectivity index (χ4n) is 3.14. The molecule has 0 spiro atoms. The molecule has 0 aliphatic carbocycles. The van der Waals surface area contributed by atoms with E-state index < -0.39 is 15.8 Å². The minimum Gasteiger partial charge on any atom is -0.211 e. The van der Waals surface area contributed by atoms with Crippen LogP contribution in [0.1, 0.15) is 16.8 Å². The lowest BCUT2D eigenvalue weighted by Crippen LogP contribution is -2.27. The summed E-state index contributed by atoms with van der Waals surface area (Å²) in [7, 11) is -3.72. The molecule has 0 aliphatic heterocycles. The van der Waals surface area contributed by atoms with E-state index in [1.807, 2.05) is 36.6 Å². The zero-order chi connectivity index (χ0) is 20.6. The summed E-state index contributed by atoms with van der Waals surface area (Å²) in [6, 6.07) is 11.5. The summed E-state index contributed by atoms with van der Waals surface area (Å²) in [6.07, 6.45) is 0.454. The SMILES string of the molecule is Cc1ccccc1-c1nc2scc(CCNS(=O)(=O)c3ccc(F)cc3C)n2n1. The van der Waals surface area contributed by atoms with Gasteiger partial charge in [-0.2, -0.15) is 4.98 Å². The van der Waals surface area contributed by atoms with Gasteiger partial charge in [-0.15, -0.1) is 16.4 Å². The summed E-state index contributed by atoms with van der Waals surface area (Å²) >= 11 is 1.46. The molecule has 0 saturated heterocycles. The first kappa shape index (κ1) is 19.7. The molecule has 0 aliphatic rings. The number of hydrogen-bond donors (Lipinski definition) is 1. The Morgan fingerprint density at radius 1 is 1.14 bits per heavy atom. The highest BCUT2D eigenvalue weighted by Gasteiger charge is 2.18. The molecule has 9 heteroatoms. The summed E-state index contributed by atoms with van der Waals surface area (Å²) in [5.74, 6) is 0.191. The van der Waals surface area contributed by atoms with Crippen LogP contribution in [0.25, 0.3) is 16.3 Å². The van der Waals surface area contributed by atoms with Gasteiger partial charge in [0.25, 0.3) is 0 Å². The van der Waals surface area contributed by atoms with Gasteiger partial charge < -0.3 is 0 Å². The number of aromatic nitrogens is 3. The van der Waals surface area contributed by atoms with E-state index in [2.05, 4.69) is 14.8 Å². The molecule has 0 atom stereocenters. The highest BCUT2D eigenvalue weighted by atomic mass is 32.2. The Balaban J connectivity index is 1.51. The Morgan fingerprint density at radius 2 is 1.93 bits per heavy atom. The van der Waals surface area contributed by atoms with Crippen LogP contribution in [0.2, 0.25) is 0 Å². The summed E-state index contributed by atoms with van der Waals surface area (Å²) in [4.78, 5) is 5.43. The Kier molecular flexibility index (Phi) is 5.20. The first-order valence-corrected chi connectivity index (χ1v) is 11.4. The van der Waals surface area contributed by atoms with Crippen molar-refractivity contribution in [1.82, 2.24) is 19.3 Å². The van der Waals surface area contributed by atoms with Gasteiger partial charge in [-0.05, 0) is 43.2 Å². The third kappa shape index (κ3) is 3.93. The standard InChI is InChI=1S/C20H19FN4O2S2/c1-13-5-3-4-6-17(13)19-23-20-25(24-19)16(12-28-20)9-10-22-29(26,27)18-8-7-15(21)11-14(18)2/h3-8,11-12,22H,9-10H2,1-2H3. The average Bonchev–Trinajstić information content (AvgIpc) is 3.23. The van der Waals surface area contributed by atoms with Crippen LogP contribution >= 0.6 is 11.3 Å². The van der Waals surface area contributed by atoms with E-state index in [1.54, 1.807) is 11.4 Å². The molecule has 0 unspecified atom stereocenters. The minimum absolute atomic E-state index is 0.0805. The molecular formula is C20H19FN4O2S2. The van der Waals surface area contributed by atoms with Crippen molar-refractivity contribution >= 4 is 26.3 Å². The monoisotopic (exact) mass is 430 g/mol. The molecule has 150 valence electrons. The van der Waals surface area contributed by atoms with Crippen LogP contribution < -0.4 is 4.72 Å². The maximum Gasteiger partial charge on any atom is 0.240 e. The van der Waals surface area contributed by atoms with Gasteiger partial charge in [-0.1, -0.05) is 24.3 Å². The number of fused-ring (bicyclic) bond motifs is 1. The zero-order valence-electron chi connectivity index (χ0n) is 15.9. The fourth-order valence-corrected chi connectivity index (χ4v) is 5.25. The Hall–Kier alpha value is -2.62. The number of nitrogens with zero attached hydrogens (tertiary/aromatic N) is 3. The van der Waals surface area contributed by atoms with Crippen molar-refractivity contribution in [3.63, 3.8) is 0 Å². The van der Waals surface area contributed by atoms with E-state index in [-0.39, 0.29) is 11.4 Å². The largest absolute Gasteiger partial charge is 0.240 e. The second kappa shape index (κ2) is 7.66. The second-order valence-corrected chi connectivity index (χ2v) is 9.30. The average molecular weight is 431 g/mol. The molecule has 0 radical (unpaired) electrons. The Labute approximate surface area is 172 Å². The first-order chi connectivity index (χ1) is 13.8. The van der Waals surface area contributed by atoms with Crippen LogP contribution in [-0.2, 0) is 16.4 Å². The van der Waals surface area contributed by atoms with Gasteiger partial charge in [0.05, 0.1) is 10.6 Å². The molecule has 0 amide bonds. The van der Waals surface area contributed by atoms with Gasteiger partial charge >= 0.3 is 0 Å². The van der Waals surface area contributed by atoms with E-state index in [1.165, 1.54) is 23.5 Å². The highest BCUT2D eigenvalue weighted by molar-refractivity contribution is 7.89. The van der Waals surface area contributed by atoms with Gasteiger partial charge in [-0.3, -0.25) is 0 Å². The van der Waals surface area contributed by atoms with Crippen molar-refractivity contribution in [2.75, 3.05) is 6.54 Å². The fraction of sp³-hybridized carbons (Fsp3) is 0.200. The van der Waals surface area contributed by atoms with Crippen molar-refractivity contribution in [3.8, 4) is 11.4 Å². The van der Waals surface area contributed by atoms with Crippen molar-refractivity contribution in [2.24, 2.45) is 0 Å². The van der Waals surface area contributed by atoms with Gasteiger partial charge in [0.2, 0.25) is 15.0 Å². The van der Waals surface area contributed by atoms with Crippen LogP contribution in [0.5, 0.6) is 0 Å². The number of sulfonamides is 1. The molecule has 4 aromatic rings. The van der Waals surface area contributed by atoms with Gasteiger partial charge in [0.1, 0.15) is 5.82 Å². The summed E-state index contributed by atoms with van der Waals surface area (Å²) in [5.41, 5.74) is 3.31. The predicted molar refractivity (Wildman–Crippen MR) is 111 cm³/mol. The third-order valence-corrected chi connectivity index (χ3v) is 7.12. The lowest BCUT2D eigenvalue weighted by Gasteiger charge is -2.09. The number of thiazole rings is 1. The lowest BCUT2D eigenvalue weighted by molar-refractivity contribution is 0.579. The quantitative estimate of drug-likeness (QED) is 0.506. The molecule has 0 bridgehead atoms.